The summed E-state index contributed by atoms with van der Waals surface area (Å²) in [5, 5.41) is 11.8. The molecule has 6 nitrogen and oxygen atoms in total. The summed E-state index contributed by atoms with van der Waals surface area (Å²) in [4.78, 5) is 6.76. The predicted molar refractivity (Wildman–Crippen MR) is 80.0 cm³/mol. The SMILES string of the molecule is Cc1cc(/C(N)=N/O)ccc1CN1CCn2ccnc2C1. The first-order chi connectivity index (χ1) is 10.2. The van der Waals surface area contributed by atoms with Crippen molar-refractivity contribution in [3.05, 3.63) is 53.1 Å². The van der Waals surface area contributed by atoms with E-state index < -0.39 is 0 Å². The van der Waals surface area contributed by atoms with E-state index in [0.29, 0.717) is 0 Å². The van der Waals surface area contributed by atoms with Crippen molar-refractivity contribution in [3.63, 3.8) is 0 Å². The van der Waals surface area contributed by atoms with Crippen molar-refractivity contribution in [2.24, 2.45) is 10.9 Å². The van der Waals surface area contributed by atoms with E-state index in [9.17, 15) is 0 Å². The van der Waals surface area contributed by atoms with Gasteiger partial charge in [-0.25, -0.2) is 4.98 Å². The zero-order chi connectivity index (χ0) is 14.8. The Balaban J connectivity index is 1.74. The first kappa shape index (κ1) is 13.6. The molecule has 0 aliphatic carbocycles. The van der Waals surface area contributed by atoms with Crippen molar-refractivity contribution in [2.45, 2.75) is 26.6 Å². The van der Waals surface area contributed by atoms with E-state index >= 15 is 0 Å². The molecule has 0 unspecified atom stereocenters. The molecule has 1 aliphatic rings. The van der Waals surface area contributed by atoms with Crippen molar-refractivity contribution >= 4 is 5.84 Å². The fourth-order valence-corrected chi connectivity index (χ4v) is 2.69. The molecule has 0 bridgehead atoms. The van der Waals surface area contributed by atoms with Gasteiger partial charge >= 0.3 is 0 Å². The molecule has 6 heteroatoms. The van der Waals surface area contributed by atoms with Crippen LogP contribution in [0.25, 0.3) is 0 Å². The average molecular weight is 285 g/mol. The third kappa shape index (κ3) is 2.75. The number of nitrogens with two attached hydrogens (primary N) is 1. The number of nitrogens with zero attached hydrogens (tertiary/aromatic N) is 4. The van der Waals surface area contributed by atoms with Crippen LogP contribution in [0.2, 0.25) is 0 Å². The first-order valence-corrected chi connectivity index (χ1v) is 6.97. The van der Waals surface area contributed by atoms with Gasteiger partial charge in [-0.05, 0) is 24.1 Å². The number of oxime groups is 1. The molecular formula is C15H19N5O. The molecule has 0 saturated carbocycles. The number of aromatic nitrogens is 2. The van der Waals surface area contributed by atoms with Crippen molar-refractivity contribution in [3.8, 4) is 0 Å². The third-order valence-corrected chi connectivity index (χ3v) is 3.96. The highest BCUT2D eigenvalue weighted by atomic mass is 16.4. The highest BCUT2D eigenvalue weighted by Gasteiger charge is 2.17. The average Bonchev–Trinajstić information content (AvgIpc) is 2.96. The summed E-state index contributed by atoms with van der Waals surface area (Å²) in [7, 11) is 0. The number of hydrogen-bond acceptors (Lipinski definition) is 4. The minimum atomic E-state index is 0.143. The van der Waals surface area contributed by atoms with E-state index in [-0.39, 0.29) is 5.84 Å². The predicted octanol–water partition coefficient (Wildman–Crippen LogP) is 1.30. The van der Waals surface area contributed by atoms with Crippen molar-refractivity contribution in [2.75, 3.05) is 6.54 Å². The molecule has 1 aromatic carbocycles. The van der Waals surface area contributed by atoms with E-state index in [4.69, 9.17) is 10.9 Å². The fourth-order valence-electron chi connectivity index (χ4n) is 2.69. The van der Waals surface area contributed by atoms with Gasteiger partial charge in [-0.2, -0.15) is 0 Å². The van der Waals surface area contributed by atoms with Crippen LogP contribution in [0.1, 0.15) is 22.5 Å². The van der Waals surface area contributed by atoms with Gasteiger partial charge in [0.05, 0.1) is 6.54 Å². The Morgan fingerprint density at radius 1 is 1.43 bits per heavy atom. The number of imidazole rings is 1. The molecule has 2 heterocycles. The van der Waals surface area contributed by atoms with Gasteiger partial charge in [0.15, 0.2) is 5.84 Å². The zero-order valence-corrected chi connectivity index (χ0v) is 12.0. The van der Waals surface area contributed by atoms with Crippen LogP contribution in [-0.4, -0.2) is 32.0 Å². The number of benzene rings is 1. The molecule has 2 aromatic rings. The van der Waals surface area contributed by atoms with E-state index in [1.54, 1.807) is 0 Å². The highest BCUT2D eigenvalue weighted by Crippen LogP contribution is 2.17. The van der Waals surface area contributed by atoms with Crippen LogP contribution in [0.3, 0.4) is 0 Å². The summed E-state index contributed by atoms with van der Waals surface area (Å²) in [6, 6.07) is 5.89. The molecular weight excluding hydrogens is 266 g/mol. The Labute approximate surface area is 123 Å². The van der Waals surface area contributed by atoms with Gasteiger partial charge in [-0.15, -0.1) is 0 Å². The number of aryl methyl sites for hydroxylation is 1. The maximum absolute atomic E-state index is 8.73. The Kier molecular flexibility index (Phi) is 3.62. The lowest BCUT2D eigenvalue weighted by atomic mass is 10.0. The molecule has 21 heavy (non-hydrogen) atoms. The monoisotopic (exact) mass is 285 g/mol. The highest BCUT2D eigenvalue weighted by molar-refractivity contribution is 5.97. The van der Waals surface area contributed by atoms with Gasteiger partial charge in [0.2, 0.25) is 0 Å². The summed E-state index contributed by atoms with van der Waals surface area (Å²) in [6.07, 6.45) is 3.89. The first-order valence-electron chi connectivity index (χ1n) is 6.97. The summed E-state index contributed by atoms with van der Waals surface area (Å²) in [5.74, 6) is 1.26. The largest absolute Gasteiger partial charge is 0.409 e. The van der Waals surface area contributed by atoms with Crippen LogP contribution in [0.4, 0.5) is 0 Å². The zero-order valence-electron chi connectivity index (χ0n) is 12.0. The normalized spacial score (nSPS) is 16.0. The lowest BCUT2D eigenvalue weighted by Crippen LogP contribution is -2.33. The van der Waals surface area contributed by atoms with Gasteiger partial charge in [-0.3, -0.25) is 4.90 Å². The Hall–Kier alpha value is -2.34. The molecule has 3 rings (SSSR count). The van der Waals surface area contributed by atoms with Gasteiger partial charge < -0.3 is 15.5 Å². The van der Waals surface area contributed by atoms with Gasteiger partial charge in [0, 0.05) is 37.6 Å². The van der Waals surface area contributed by atoms with Gasteiger partial charge in [0.1, 0.15) is 5.82 Å². The van der Waals surface area contributed by atoms with Gasteiger partial charge in [0.25, 0.3) is 0 Å². The second-order valence-electron chi connectivity index (χ2n) is 5.37. The third-order valence-electron chi connectivity index (χ3n) is 3.96. The van der Waals surface area contributed by atoms with Crippen LogP contribution in [0.5, 0.6) is 0 Å². The van der Waals surface area contributed by atoms with Crippen LogP contribution in [0.15, 0.2) is 35.7 Å². The minimum absolute atomic E-state index is 0.143. The fraction of sp³-hybridized carbons (Fsp3) is 0.333. The Morgan fingerprint density at radius 3 is 3.05 bits per heavy atom. The van der Waals surface area contributed by atoms with Gasteiger partial charge in [-0.1, -0.05) is 17.3 Å². The number of hydrogen-bond donors (Lipinski definition) is 2. The van der Waals surface area contributed by atoms with Crippen LogP contribution < -0.4 is 5.73 Å². The molecule has 0 amide bonds. The molecule has 1 aliphatic heterocycles. The summed E-state index contributed by atoms with van der Waals surface area (Å²) in [5.41, 5.74) is 8.76. The quantitative estimate of drug-likeness (QED) is 0.385. The molecule has 1 aromatic heterocycles. The number of fused-ring (bicyclic) bond motifs is 1. The van der Waals surface area contributed by atoms with Crippen LogP contribution >= 0.6 is 0 Å². The summed E-state index contributed by atoms with van der Waals surface area (Å²) in [6.45, 7) is 5.80. The Morgan fingerprint density at radius 2 is 2.29 bits per heavy atom. The molecule has 0 fully saturated rings. The summed E-state index contributed by atoms with van der Waals surface area (Å²) < 4.78 is 2.20. The van der Waals surface area contributed by atoms with E-state index in [0.717, 1.165) is 43.1 Å². The minimum Gasteiger partial charge on any atom is -0.409 e. The Bertz CT molecular complexity index is 676. The second-order valence-corrected chi connectivity index (χ2v) is 5.37. The van der Waals surface area contributed by atoms with E-state index in [1.165, 1.54) is 5.56 Å². The van der Waals surface area contributed by atoms with E-state index in [1.807, 2.05) is 37.5 Å². The standard InChI is InChI=1S/C15H19N5O/c1-11-8-12(15(16)18-21)2-3-13(11)9-19-6-7-20-5-4-17-14(20)10-19/h2-5,8,21H,6-7,9-10H2,1H3,(H2,16,18). The second kappa shape index (κ2) is 5.57. The van der Waals surface area contributed by atoms with Crippen molar-refractivity contribution in [1.29, 1.82) is 0 Å². The molecule has 0 spiro atoms. The molecule has 3 N–H and O–H groups in total. The molecule has 0 atom stereocenters. The van der Waals surface area contributed by atoms with Crippen molar-refractivity contribution < 1.29 is 5.21 Å². The number of amidine groups is 1. The number of rotatable bonds is 3. The van der Waals surface area contributed by atoms with Crippen LogP contribution in [-0.2, 0) is 19.6 Å². The molecule has 0 saturated heterocycles. The van der Waals surface area contributed by atoms with Crippen LogP contribution in [0, 0.1) is 6.92 Å². The smallest absolute Gasteiger partial charge is 0.170 e. The molecule has 0 radical (unpaired) electrons. The maximum Gasteiger partial charge on any atom is 0.170 e. The topological polar surface area (TPSA) is 79.7 Å². The van der Waals surface area contributed by atoms with Crippen molar-refractivity contribution in [1.82, 2.24) is 14.5 Å². The lowest BCUT2D eigenvalue weighted by molar-refractivity contribution is 0.208. The summed E-state index contributed by atoms with van der Waals surface area (Å²) >= 11 is 0. The molecule has 110 valence electrons. The lowest BCUT2D eigenvalue weighted by Gasteiger charge is -2.28. The maximum atomic E-state index is 8.73. The van der Waals surface area contributed by atoms with E-state index in [2.05, 4.69) is 19.6 Å².